The highest BCUT2D eigenvalue weighted by atomic mass is 32.1. The number of rotatable bonds is 6. The normalized spacial score (nSPS) is 20.7. The van der Waals surface area contributed by atoms with E-state index in [4.69, 9.17) is 10.6 Å². The summed E-state index contributed by atoms with van der Waals surface area (Å²) in [6, 6.07) is 4.03. The zero-order valence-corrected chi connectivity index (χ0v) is 17.2. The number of carboxylic acid groups (broad SMARTS) is 1. The summed E-state index contributed by atoms with van der Waals surface area (Å²) < 4.78 is 1.69. The predicted molar refractivity (Wildman–Crippen MR) is 109 cm³/mol. The molecular weight excluding hydrogens is 424 g/mol. The fourth-order valence-electron chi connectivity index (χ4n) is 3.77. The van der Waals surface area contributed by atoms with Crippen molar-refractivity contribution in [1.29, 1.82) is 0 Å². The van der Waals surface area contributed by atoms with E-state index in [1.54, 1.807) is 34.5 Å². The van der Waals surface area contributed by atoms with Gasteiger partial charge in [0.1, 0.15) is 18.8 Å². The van der Waals surface area contributed by atoms with E-state index < -0.39 is 29.9 Å². The Morgan fingerprint density at radius 2 is 2.13 bits per heavy atom. The number of anilines is 1. The van der Waals surface area contributed by atoms with Gasteiger partial charge in [-0.05, 0) is 6.42 Å². The molecule has 0 spiro atoms. The van der Waals surface area contributed by atoms with Gasteiger partial charge in [-0.15, -0.1) is 11.3 Å². The number of nitrogens with zero attached hydrogens (tertiary/aromatic N) is 4. The van der Waals surface area contributed by atoms with Gasteiger partial charge in [0.25, 0.3) is 11.8 Å². The molecule has 2 aliphatic heterocycles. The minimum Gasteiger partial charge on any atom is -0.476 e. The summed E-state index contributed by atoms with van der Waals surface area (Å²) in [4.78, 5) is 47.6. The molecule has 4 N–H and O–H groups in total. The van der Waals surface area contributed by atoms with Gasteiger partial charge in [-0.2, -0.15) is 4.57 Å². The Hall–Kier alpha value is -3.80. The number of β-lactam (4-membered cyclic amide) rings is 1. The number of carbonyl (C=O) groups is 3. The Morgan fingerprint density at radius 3 is 2.74 bits per heavy atom. The number of carbonyl (C=O) groups excluding carboxylic acids is 2. The van der Waals surface area contributed by atoms with Crippen LogP contribution in [0.2, 0.25) is 0 Å². The second-order valence-corrected chi connectivity index (χ2v) is 7.73. The first-order valence-corrected chi connectivity index (χ1v) is 10.2. The van der Waals surface area contributed by atoms with Crippen molar-refractivity contribution in [2.45, 2.75) is 24.9 Å². The lowest BCUT2D eigenvalue weighted by Crippen LogP contribution is -2.72. The second kappa shape index (κ2) is 8.14. The Bertz CT molecular complexity index is 1110. The summed E-state index contributed by atoms with van der Waals surface area (Å²) in [6.07, 6.45) is 4.38. The molecule has 0 aromatic carbocycles. The maximum absolute atomic E-state index is 12.8. The van der Waals surface area contributed by atoms with Crippen LogP contribution in [0.25, 0.3) is 5.70 Å². The summed E-state index contributed by atoms with van der Waals surface area (Å²) in [5, 5.41) is 17.9. The molecular formula is C19H19N6O5S+. The molecule has 160 valence electrons. The van der Waals surface area contributed by atoms with Gasteiger partial charge in [-0.3, -0.25) is 14.5 Å². The quantitative estimate of drug-likeness (QED) is 0.242. The van der Waals surface area contributed by atoms with Crippen LogP contribution < -0.4 is 15.6 Å². The molecule has 4 heterocycles. The molecule has 2 aromatic rings. The first-order valence-electron chi connectivity index (χ1n) is 9.32. The first kappa shape index (κ1) is 20.5. The molecule has 2 amide bonds. The third kappa shape index (κ3) is 3.61. The number of fused-ring (bicyclic) bond motifs is 1. The number of hydrogen-bond donors (Lipinski definition) is 3. The SMILES string of the molecule is CO/N=C(\C(=O)N[C@@H]1C(=O)N2C(C(=O)O)=C([n+]3ccccc3)CC[C@H]12)c1csc(N)n1. The van der Waals surface area contributed by atoms with Crippen molar-refractivity contribution in [3.8, 4) is 0 Å². The largest absolute Gasteiger partial charge is 0.476 e. The number of hydrogen-bond acceptors (Lipinski definition) is 8. The fourth-order valence-corrected chi connectivity index (χ4v) is 4.32. The lowest BCUT2D eigenvalue weighted by molar-refractivity contribution is -0.585. The number of carboxylic acids is 1. The maximum Gasteiger partial charge on any atom is 0.359 e. The first-order chi connectivity index (χ1) is 14.9. The lowest BCUT2D eigenvalue weighted by atomic mass is 9.85. The Balaban J connectivity index is 1.57. The smallest absolute Gasteiger partial charge is 0.359 e. The van der Waals surface area contributed by atoms with Gasteiger partial charge < -0.3 is 21.0 Å². The van der Waals surface area contributed by atoms with E-state index in [2.05, 4.69) is 15.5 Å². The number of nitrogens with two attached hydrogens (primary N) is 1. The van der Waals surface area contributed by atoms with Crippen molar-refractivity contribution in [2.24, 2.45) is 5.16 Å². The number of allylic oxidation sites excluding steroid dienone is 1. The van der Waals surface area contributed by atoms with Crippen molar-refractivity contribution in [3.63, 3.8) is 0 Å². The van der Waals surface area contributed by atoms with Crippen molar-refractivity contribution in [1.82, 2.24) is 15.2 Å². The molecule has 0 aliphatic carbocycles. The third-order valence-corrected chi connectivity index (χ3v) is 5.76. The van der Waals surface area contributed by atoms with E-state index >= 15 is 0 Å². The summed E-state index contributed by atoms with van der Waals surface area (Å²) in [6.45, 7) is 0. The van der Waals surface area contributed by atoms with Crippen LogP contribution in [0.1, 0.15) is 18.5 Å². The summed E-state index contributed by atoms with van der Waals surface area (Å²) >= 11 is 1.14. The second-order valence-electron chi connectivity index (χ2n) is 6.84. The third-order valence-electron chi connectivity index (χ3n) is 5.09. The van der Waals surface area contributed by atoms with Crippen LogP contribution in [-0.4, -0.2) is 57.7 Å². The number of aliphatic carboxylic acids is 1. The number of thiazole rings is 1. The maximum atomic E-state index is 12.8. The molecule has 0 bridgehead atoms. The van der Waals surface area contributed by atoms with E-state index in [0.29, 0.717) is 18.5 Å². The van der Waals surface area contributed by atoms with Gasteiger partial charge in [0.2, 0.25) is 5.70 Å². The predicted octanol–water partition coefficient (Wildman–Crippen LogP) is -0.194. The highest BCUT2D eigenvalue weighted by Crippen LogP contribution is 2.36. The van der Waals surface area contributed by atoms with Crippen molar-refractivity contribution in [2.75, 3.05) is 12.8 Å². The average molecular weight is 443 g/mol. The summed E-state index contributed by atoms with van der Waals surface area (Å²) in [7, 11) is 1.28. The highest BCUT2D eigenvalue weighted by Gasteiger charge is 2.55. The number of nitrogens with one attached hydrogen (secondary N) is 1. The molecule has 12 heteroatoms. The Labute approximate surface area is 180 Å². The lowest BCUT2D eigenvalue weighted by Gasteiger charge is -2.48. The van der Waals surface area contributed by atoms with Gasteiger partial charge in [-0.25, -0.2) is 9.78 Å². The molecule has 2 aliphatic rings. The van der Waals surface area contributed by atoms with E-state index in [0.717, 1.165) is 11.3 Å². The number of oxime groups is 1. The highest BCUT2D eigenvalue weighted by molar-refractivity contribution is 7.13. The summed E-state index contributed by atoms with van der Waals surface area (Å²) in [5.41, 5.74) is 6.16. The van der Waals surface area contributed by atoms with Crippen molar-refractivity contribution in [3.05, 3.63) is 47.4 Å². The Morgan fingerprint density at radius 1 is 1.39 bits per heavy atom. The van der Waals surface area contributed by atoms with E-state index in [9.17, 15) is 19.5 Å². The number of amides is 2. The number of pyridine rings is 1. The topological polar surface area (TPSA) is 151 Å². The van der Waals surface area contributed by atoms with Crippen LogP contribution in [0.4, 0.5) is 5.13 Å². The molecule has 1 fully saturated rings. The molecule has 1 saturated heterocycles. The number of aromatic nitrogens is 2. The molecule has 0 saturated carbocycles. The minimum absolute atomic E-state index is 0.0824. The van der Waals surface area contributed by atoms with Gasteiger partial charge >= 0.3 is 5.97 Å². The average Bonchev–Trinajstić information content (AvgIpc) is 3.20. The monoisotopic (exact) mass is 443 g/mol. The molecule has 2 aromatic heterocycles. The van der Waals surface area contributed by atoms with Crippen molar-refractivity contribution < 1.29 is 28.9 Å². The van der Waals surface area contributed by atoms with Crippen LogP contribution in [-0.2, 0) is 19.2 Å². The van der Waals surface area contributed by atoms with Gasteiger partial charge in [0, 0.05) is 23.9 Å². The molecule has 0 unspecified atom stereocenters. The van der Waals surface area contributed by atoms with Crippen molar-refractivity contribution >= 4 is 45.7 Å². The zero-order valence-electron chi connectivity index (χ0n) is 16.4. The van der Waals surface area contributed by atoms with Gasteiger partial charge in [0.15, 0.2) is 28.9 Å². The van der Waals surface area contributed by atoms with Crippen LogP contribution in [0, 0.1) is 0 Å². The molecule has 2 atom stereocenters. The van der Waals surface area contributed by atoms with E-state index in [-0.39, 0.29) is 22.2 Å². The van der Waals surface area contributed by atoms with Crippen LogP contribution in [0.5, 0.6) is 0 Å². The number of nitrogen functional groups attached to an aromatic ring is 1. The van der Waals surface area contributed by atoms with Gasteiger partial charge in [0.05, 0.1) is 6.04 Å². The van der Waals surface area contributed by atoms with Crippen LogP contribution in [0.15, 0.2) is 46.8 Å². The van der Waals surface area contributed by atoms with Crippen LogP contribution in [0.3, 0.4) is 0 Å². The standard InChI is InChI=1S/C19H18N6O5S/c1-30-23-13(10-9-31-19(20)21-10)16(26)22-14-11-5-6-12(24-7-3-2-4-8-24)15(18(28)29)25(11)17(14)27/h2-4,7-9,11,14H,5-6H2,1H3,(H3-,20,21,22,26,28,29)/p+1/b23-13-/t11-,14+/m1/s1. The zero-order chi connectivity index (χ0) is 22.1. The molecule has 31 heavy (non-hydrogen) atoms. The Kier molecular flexibility index (Phi) is 5.38. The minimum atomic E-state index is -1.20. The van der Waals surface area contributed by atoms with Crippen LogP contribution >= 0.6 is 11.3 Å². The van der Waals surface area contributed by atoms with E-state index in [1.807, 2.05) is 6.07 Å². The molecule has 11 nitrogen and oxygen atoms in total. The molecule has 4 rings (SSSR count). The van der Waals surface area contributed by atoms with Gasteiger partial charge in [-0.1, -0.05) is 11.2 Å². The molecule has 0 radical (unpaired) electrons. The fraction of sp³-hybridized carbons (Fsp3) is 0.263. The van der Waals surface area contributed by atoms with E-state index in [1.165, 1.54) is 12.0 Å². The summed E-state index contributed by atoms with van der Waals surface area (Å²) in [5.74, 6) is -2.36.